The van der Waals surface area contributed by atoms with E-state index in [9.17, 15) is 4.79 Å². The minimum Gasteiger partial charge on any atom is -0.444 e. The molecule has 0 aromatic rings. The second-order valence-electron chi connectivity index (χ2n) is 8.35. The molecular formula is C17H31NO4Si. The fourth-order valence-corrected chi connectivity index (χ4v) is 3.75. The van der Waals surface area contributed by atoms with E-state index in [4.69, 9.17) is 20.3 Å². The Kier molecular flexibility index (Phi) is 5.95. The van der Waals surface area contributed by atoms with E-state index in [1.165, 1.54) is 0 Å². The van der Waals surface area contributed by atoms with Crippen LogP contribution in [0.25, 0.3) is 0 Å². The van der Waals surface area contributed by atoms with E-state index in [-0.39, 0.29) is 12.1 Å². The van der Waals surface area contributed by atoms with E-state index in [0.29, 0.717) is 13.0 Å². The molecule has 2 atom stereocenters. The maximum Gasteiger partial charge on any atom is 0.412 e. The molecule has 0 saturated carbocycles. The monoisotopic (exact) mass is 341 g/mol. The van der Waals surface area contributed by atoms with Crippen molar-refractivity contribution >= 4 is 14.4 Å². The number of rotatable bonds is 4. The van der Waals surface area contributed by atoms with E-state index < -0.39 is 25.7 Å². The van der Waals surface area contributed by atoms with Gasteiger partial charge in [0.1, 0.15) is 11.3 Å². The minimum atomic E-state index is -1.81. The summed E-state index contributed by atoms with van der Waals surface area (Å²) in [6.07, 6.45) is 5.31. The van der Waals surface area contributed by atoms with Crippen LogP contribution < -0.4 is 0 Å². The Labute approximate surface area is 141 Å². The van der Waals surface area contributed by atoms with E-state index >= 15 is 0 Å². The van der Waals surface area contributed by atoms with Crippen LogP contribution >= 0.6 is 0 Å². The Morgan fingerprint density at radius 1 is 1.43 bits per heavy atom. The predicted molar refractivity (Wildman–Crippen MR) is 93.6 cm³/mol. The Bertz CT molecular complexity index is 470. The van der Waals surface area contributed by atoms with Crippen molar-refractivity contribution in [3.8, 4) is 12.3 Å². The van der Waals surface area contributed by atoms with Crippen LogP contribution in [0, 0.1) is 12.3 Å². The lowest BCUT2D eigenvalue weighted by atomic mass is 10.1. The lowest BCUT2D eigenvalue weighted by Gasteiger charge is -2.38. The number of hydrogen-bond donors (Lipinski definition) is 0. The molecular weight excluding hydrogens is 310 g/mol. The number of ether oxygens (including phenoxy) is 2. The number of carbonyl (C=O) groups excluding carboxylic acids is 1. The predicted octanol–water partition coefficient (Wildman–Crippen LogP) is 3.60. The highest BCUT2D eigenvalue weighted by molar-refractivity contribution is 6.69. The van der Waals surface area contributed by atoms with Gasteiger partial charge in [0.25, 0.3) is 0 Å². The SMILES string of the molecule is C#CC[C@H](O[Si](C)(C)C)[C@H]1COC(C)(C)N1C(=O)OC(C)(C)C. The van der Waals surface area contributed by atoms with Crippen LogP contribution in [0.1, 0.15) is 41.0 Å². The summed E-state index contributed by atoms with van der Waals surface area (Å²) in [5.74, 6) is 2.67. The molecule has 5 nitrogen and oxygen atoms in total. The molecule has 0 aromatic heterocycles. The van der Waals surface area contributed by atoms with E-state index in [2.05, 4.69) is 25.6 Å². The van der Waals surface area contributed by atoms with Crippen molar-refractivity contribution in [1.29, 1.82) is 0 Å². The number of carbonyl (C=O) groups is 1. The van der Waals surface area contributed by atoms with Gasteiger partial charge in [-0.1, -0.05) is 0 Å². The first kappa shape index (κ1) is 20.0. The molecule has 1 heterocycles. The molecule has 0 bridgehead atoms. The first-order chi connectivity index (χ1) is 10.3. The molecule has 1 rings (SSSR count). The summed E-state index contributed by atoms with van der Waals surface area (Å²) in [5, 5.41) is 0. The number of amides is 1. The van der Waals surface area contributed by atoms with Crippen molar-refractivity contribution < 1.29 is 18.7 Å². The lowest BCUT2D eigenvalue weighted by Crippen LogP contribution is -2.55. The average Bonchev–Trinajstić information content (AvgIpc) is 2.60. The molecule has 1 amide bonds. The Balaban J connectivity index is 3.06. The third-order valence-corrected chi connectivity index (χ3v) is 4.37. The van der Waals surface area contributed by atoms with Gasteiger partial charge < -0.3 is 13.9 Å². The summed E-state index contributed by atoms with van der Waals surface area (Å²) < 4.78 is 17.6. The first-order valence-electron chi connectivity index (χ1n) is 8.04. The Hall–Kier alpha value is -1.03. The zero-order valence-electron chi connectivity index (χ0n) is 15.7. The molecule has 23 heavy (non-hydrogen) atoms. The van der Waals surface area contributed by atoms with Gasteiger partial charge in [-0.05, 0) is 54.3 Å². The van der Waals surface area contributed by atoms with Gasteiger partial charge in [-0.2, -0.15) is 0 Å². The topological polar surface area (TPSA) is 48.0 Å². The van der Waals surface area contributed by atoms with Gasteiger partial charge in [-0.15, -0.1) is 12.3 Å². The van der Waals surface area contributed by atoms with E-state index in [1.807, 2.05) is 34.6 Å². The van der Waals surface area contributed by atoms with Gasteiger partial charge in [0.2, 0.25) is 0 Å². The first-order valence-corrected chi connectivity index (χ1v) is 11.5. The lowest BCUT2D eigenvalue weighted by molar-refractivity contribution is -0.0668. The standard InChI is InChI=1S/C17H31NO4Si/c1-10-11-14(22-23(7,8)9)13-12-20-17(5,6)18(13)15(19)21-16(2,3)4/h1,13-14H,11-12H2,2-9H3/t13-,14+/m1/s1. The molecule has 1 fully saturated rings. The second kappa shape index (κ2) is 6.84. The van der Waals surface area contributed by atoms with Crippen molar-refractivity contribution in [2.45, 2.75) is 84.2 Å². The smallest absolute Gasteiger partial charge is 0.412 e. The van der Waals surface area contributed by atoms with Crippen molar-refractivity contribution in [3.05, 3.63) is 0 Å². The quantitative estimate of drug-likeness (QED) is 0.579. The summed E-state index contributed by atoms with van der Waals surface area (Å²) in [5.41, 5.74) is -1.32. The largest absolute Gasteiger partial charge is 0.444 e. The number of nitrogens with zero attached hydrogens (tertiary/aromatic N) is 1. The van der Waals surface area contributed by atoms with Crippen molar-refractivity contribution in [3.63, 3.8) is 0 Å². The molecule has 0 N–H and O–H groups in total. The van der Waals surface area contributed by atoms with Gasteiger partial charge in [0.05, 0.1) is 18.8 Å². The van der Waals surface area contributed by atoms with Crippen molar-refractivity contribution in [1.82, 2.24) is 4.90 Å². The molecule has 0 spiro atoms. The Morgan fingerprint density at radius 2 is 2.00 bits per heavy atom. The number of terminal acetylenes is 1. The summed E-state index contributed by atoms with van der Waals surface area (Å²) in [6, 6.07) is -0.248. The van der Waals surface area contributed by atoms with Crippen LogP contribution in [-0.2, 0) is 13.9 Å². The maximum absolute atomic E-state index is 12.7. The zero-order chi connectivity index (χ0) is 18.1. The fourth-order valence-electron chi connectivity index (χ4n) is 2.60. The van der Waals surface area contributed by atoms with Gasteiger partial charge >= 0.3 is 6.09 Å². The van der Waals surface area contributed by atoms with Gasteiger partial charge in [0.15, 0.2) is 8.32 Å². The van der Waals surface area contributed by atoms with Crippen LogP contribution in [0.15, 0.2) is 0 Å². The molecule has 0 aromatic carbocycles. The van der Waals surface area contributed by atoms with Crippen LogP contribution in [0.5, 0.6) is 0 Å². The normalized spacial score (nSPS) is 22.6. The molecule has 1 aliphatic heterocycles. The zero-order valence-corrected chi connectivity index (χ0v) is 16.7. The minimum absolute atomic E-state index is 0.248. The second-order valence-corrected chi connectivity index (χ2v) is 12.8. The van der Waals surface area contributed by atoms with Gasteiger partial charge in [0, 0.05) is 6.42 Å². The molecule has 0 aliphatic carbocycles. The van der Waals surface area contributed by atoms with Crippen LogP contribution in [0.2, 0.25) is 19.6 Å². The molecule has 1 aliphatic rings. The highest BCUT2D eigenvalue weighted by atomic mass is 28.4. The van der Waals surface area contributed by atoms with Crippen LogP contribution in [0.4, 0.5) is 4.79 Å². The summed E-state index contributed by atoms with van der Waals surface area (Å²) >= 11 is 0. The highest BCUT2D eigenvalue weighted by Gasteiger charge is 2.49. The Morgan fingerprint density at radius 3 is 2.43 bits per heavy atom. The third kappa shape index (κ3) is 5.83. The van der Waals surface area contributed by atoms with Crippen molar-refractivity contribution in [2.75, 3.05) is 6.61 Å². The molecule has 0 radical (unpaired) electrons. The summed E-state index contributed by atoms with van der Waals surface area (Å²) in [7, 11) is -1.81. The molecule has 1 saturated heterocycles. The van der Waals surface area contributed by atoms with E-state index in [1.54, 1.807) is 4.90 Å². The average molecular weight is 342 g/mol. The summed E-state index contributed by atoms with van der Waals surface area (Å²) in [6.45, 7) is 16.0. The van der Waals surface area contributed by atoms with Gasteiger partial charge in [-0.3, -0.25) is 4.90 Å². The maximum atomic E-state index is 12.7. The number of hydrogen-bond acceptors (Lipinski definition) is 4. The molecule has 0 unspecified atom stereocenters. The van der Waals surface area contributed by atoms with Crippen molar-refractivity contribution in [2.24, 2.45) is 0 Å². The molecule has 6 heteroatoms. The van der Waals surface area contributed by atoms with Gasteiger partial charge in [-0.25, -0.2) is 4.79 Å². The van der Waals surface area contributed by atoms with Crippen LogP contribution in [0.3, 0.4) is 0 Å². The summed E-state index contributed by atoms with van der Waals surface area (Å²) in [4.78, 5) is 14.3. The molecule has 132 valence electrons. The highest BCUT2D eigenvalue weighted by Crippen LogP contribution is 2.33. The van der Waals surface area contributed by atoms with Crippen LogP contribution in [-0.4, -0.2) is 49.4 Å². The van der Waals surface area contributed by atoms with E-state index in [0.717, 1.165) is 0 Å². The third-order valence-electron chi connectivity index (χ3n) is 3.36. The fraction of sp³-hybridized carbons (Fsp3) is 0.824.